The zero-order chi connectivity index (χ0) is 22.0. The van der Waals surface area contributed by atoms with Gasteiger partial charge in [-0.1, -0.05) is 41.9 Å². The van der Waals surface area contributed by atoms with Gasteiger partial charge in [0.15, 0.2) is 0 Å². The van der Waals surface area contributed by atoms with E-state index < -0.39 is 0 Å². The molecule has 1 aliphatic heterocycles. The van der Waals surface area contributed by atoms with Crippen LogP contribution in [0.15, 0.2) is 48.5 Å². The lowest BCUT2D eigenvalue weighted by Gasteiger charge is -2.38. The Kier molecular flexibility index (Phi) is 6.40. The minimum atomic E-state index is 0.158. The van der Waals surface area contributed by atoms with Gasteiger partial charge in [0.25, 0.3) is 0 Å². The molecule has 2 aromatic carbocycles. The lowest BCUT2D eigenvalue weighted by Crippen LogP contribution is -2.49. The first-order valence-electron chi connectivity index (χ1n) is 11.2. The number of hydrogen-bond acceptors (Lipinski definition) is 4. The number of anilines is 2. The lowest BCUT2D eigenvalue weighted by molar-refractivity contribution is 0.317. The van der Waals surface area contributed by atoms with Gasteiger partial charge in [-0.3, -0.25) is 0 Å². The van der Waals surface area contributed by atoms with Crippen molar-refractivity contribution in [3.8, 4) is 0 Å². The van der Waals surface area contributed by atoms with E-state index in [1.54, 1.807) is 0 Å². The number of halogens is 1. The number of hydrogen-bond donors (Lipinski definition) is 2. The average molecular weight is 437 g/mol. The van der Waals surface area contributed by atoms with Gasteiger partial charge in [-0.2, -0.15) is 0 Å². The molecule has 0 bridgehead atoms. The van der Waals surface area contributed by atoms with Crippen LogP contribution in [0.5, 0.6) is 0 Å². The second kappa shape index (κ2) is 9.05. The third-order valence-corrected chi connectivity index (χ3v) is 6.18. The topological polar surface area (TPSA) is 40.2 Å². The van der Waals surface area contributed by atoms with Crippen LogP contribution in [-0.2, 0) is 6.54 Å². The molecule has 2 heterocycles. The summed E-state index contributed by atoms with van der Waals surface area (Å²) in [6, 6.07) is 17.0. The molecule has 164 valence electrons. The molecule has 0 aliphatic carbocycles. The van der Waals surface area contributed by atoms with Crippen LogP contribution in [0, 0.1) is 6.92 Å². The van der Waals surface area contributed by atoms with Crippen molar-refractivity contribution in [3.63, 3.8) is 0 Å². The molecule has 0 saturated carbocycles. The molecule has 1 aromatic heterocycles. The molecule has 1 fully saturated rings. The molecule has 5 heteroatoms. The highest BCUT2D eigenvalue weighted by Crippen LogP contribution is 2.35. The van der Waals surface area contributed by atoms with Crippen LogP contribution in [-0.4, -0.2) is 29.7 Å². The maximum Gasteiger partial charge on any atom is 0.131 e. The summed E-state index contributed by atoms with van der Waals surface area (Å²) in [7, 11) is 0. The molecule has 2 N–H and O–H groups in total. The number of piperidine rings is 1. The van der Waals surface area contributed by atoms with Gasteiger partial charge in [0.2, 0.25) is 0 Å². The Balaban J connectivity index is 1.59. The molecule has 0 radical (unpaired) electrons. The van der Waals surface area contributed by atoms with E-state index in [4.69, 9.17) is 16.6 Å². The van der Waals surface area contributed by atoms with E-state index in [9.17, 15) is 0 Å². The maximum absolute atomic E-state index is 6.03. The summed E-state index contributed by atoms with van der Waals surface area (Å²) in [6.45, 7) is 11.8. The first kappa shape index (κ1) is 21.9. The SMILES string of the molecule is Cc1c(NCc2ccc(Cl)cc2)nc2ccccc2c1N1CCC(NC(C)(C)C)CC1. The Hall–Kier alpha value is -2.30. The Morgan fingerprint density at radius 2 is 1.71 bits per heavy atom. The molecule has 4 nitrogen and oxygen atoms in total. The average Bonchev–Trinajstić information content (AvgIpc) is 2.73. The monoisotopic (exact) mass is 436 g/mol. The molecule has 3 aromatic rings. The van der Waals surface area contributed by atoms with E-state index in [0.717, 1.165) is 48.8 Å². The van der Waals surface area contributed by atoms with Crippen LogP contribution < -0.4 is 15.5 Å². The van der Waals surface area contributed by atoms with Crippen molar-refractivity contribution < 1.29 is 0 Å². The minimum Gasteiger partial charge on any atom is -0.371 e. The predicted molar refractivity (Wildman–Crippen MR) is 133 cm³/mol. The van der Waals surface area contributed by atoms with Crippen molar-refractivity contribution >= 4 is 34.0 Å². The van der Waals surface area contributed by atoms with E-state index in [1.807, 2.05) is 12.1 Å². The second-order valence-corrected chi connectivity index (χ2v) is 10.0. The molecule has 0 unspecified atom stereocenters. The standard InChI is InChI=1S/C26H33ClN4/c1-18-24(31-15-13-21(14-16-31)30-26(2,3)4)22-7-5-6-8-23(22)29-25(18)28-17-19-9-11-20(27)12-10-19/h5-12,21,30H,13-17H2,1-4H3,(H,28,29). The highest BCUT2D eigenvalue weighted by atomic mass is 35.5. The number of nitrogens with one attached hydrogen (secondary N) is 2. The first-order chi connectivity index (χ1) is 14.8. The first-order valence-corrected chi connectivity index (χ1v) is 11.6. The largest absolute Gasteiger partial charge is 0.371 e. The summed E-state index contributed by atoms with van der Waals surface area (Å²) in [6.07, 6.45) is 2.31. The van der Waals surface area contributed by atoms with E-state index in [1.165, 1.54) is 22.2 Å². The van der Waals surface area contributed by atoms with Crippen LogP contribution in [0.3, 0.4) is 0 Å². The third-order valence-electron chi connectivity index (χ3n) is 5.92. The van der Waals surface area contributed by atoms with E-state index in [0.29, 0.717) is 6.04 Å². The summed E-state index contributed by atoms with van der Waals surface area (Å²) in [5.41, 5.74) is 4.92. The van der Waals surface area contributed by atoms with Crippen molar-refractivity contribution in [2.24, 2.45) is 0 Å². The van der Waals surface area contributed by atoms with Crippen LogP contribution in [0.25, 0.3) is 10.9 Å². The van der Waals surface area contributed by atoms with Crippen molar-refractivity contribution in [1.29, 1.82) is 0 Å². The molecule has 0 spiro atoms. The van der Waals surface area contributed by atoms with Crippen molar-refractivity contribution in [2.45, 2.75) is 58.7 Å². The Labute approximate surface area is 191 Å². The van der Waals surface area contributed by atoms with Crippen LogP contribution in [0.2, 0.25) is 5.02 Å². The van der Waals surface area contributed by atoms with E-state index in [2.05, 4.69) is 79.6 Å². The van der Waals surface area contributed by atoms with Gasteiger partial charge in [0, 0.05) is 47.2 Å². The zero-order valence-electron chi connectivity index (χ0n) is 19.0. The minimum absolute atomic E-state index is 0.158. The highest BCUT2D eigenvalue weighted by molar-refractivity contribution is 6.30. The number of fused-ring (bicyclic) bond motifs is 1. The lowest BCUT2D eigenvalue weighted by atomic mass is 9.98. The van der Waals surface area contributed by atoms with Gasteiger partial charge in [-0.05, 0) is 64.3 Å². The number of pyridine rings is 1. The molecule has 0 atom stereocenters. The normalized spacial score (nSPS) is 15.5. The fourth-order valence-electron chi connectivity index (χ4n) is 4.52. The number of aromatic nitrogens is 1. The van der Waals surface area contributed by atoms with Gasteiger partial charge in [-0.15, -0.1) is 0 Å². The third kappa shape index (κ3) is 5.31. The van der Waals surface area contributed by atoms with E-state index in [-0.39, 0.29) is 5.54 Å². The summed E-state index contributed by atoms with van der Waals surface area (Å²) < 4.78 is 0. The highest BCUT2D eigenvalue weighted by Gasteiger charge is 2.25. The summed E-state index contributed by atoms with van der Waals surface area (Å²) in [5, 5.41) is 9.34. The smallest absolute Gasteiger partial charge is 0.131 e. The fourth-order valence-corrected chi connectivity index (χ4v) is 4.64. The van der Waals surface area contributed by atoms with Gasteiger partial charge in [0.05, 0.1) is 11.2 Å². The van der Waals surface area contributed by atoms with Gasteiger partial charge in [-0.25, -0.2) is 4.98 Å². The quantitative estimate of drug-likeness (QED) is 0.502. The number of para-hydroxylation sites is 1. The summed E-state index contributed by atoms with van der Waals surface area (Å²) in [5.74, 6) is 0.957. The predicted octanol–water partition coefficient (Wildman–Crippen LogP) is 6.17. The van der Waals surface area contributed by atoms with Crippen LogP contribution in [0.4, 0.5) is 11.5 Å². The van der Waals surface area contributed by atoms with Gasteiger partial charge >= 0.3 is 0 Å². The fraction of sp³-hybridized carbons (Fsp3) is 0.423. The number of benzene rings is 2. The summed E-state index contributed by atoms with van der Waals surface area (Å²) in [4.78, 5) is 7.50. The molecule has 0 amide bonds. The number of nitrogens with zero attached hydrogens (tertiary/aromatic N) is 2. The van der Waals surface area contributed by atoms with Crippen molar-refractivity contribution in [3.05, 3.63) is 64.7 Å². The Morgan fingerprint density at radius 3 is 2.39 bits per heavy atom. The van der Waals surface area contributed by atoms with Gasteiger partial charge < -0.3 is 15.5 Å². The molecule has 31 heavy (non-hydrogen) atoms. The number of rotatable bonds is 5. The molecule has 1 saturated heterocycles. The van der Waals surface area contributed by atoms with Crippen molar-refractivity contribution in [1.82, 2.24) is 10.3 Å². The van der Waals surface area contributed by atoms with Crippen molar-refractivity contribution in [2.75, 3.05) is 23.3 Å². The van der Waals surface area contributed by atoms with Gasteiger partial charge in [0.1, 0.15) is 5.82 Å². The van der Waals surface area contributed by atoms with Crippen LogP contribution >= 0.6 is 11.6 Å². The second-order valence-electron chi connectivity index (χ2n) is 9.59. The molecular weight excluding hydrogens is 404 g/mol. The zero-order valence-corrected chi connectivity index (χ0v) is 19.8. The summed E-state index contributed by atoms with van der Waals surface area (Å²) >= 11 is 6.03. The molecular formula is C26H33ClN4. The van der Waals surface area contributed by atoms with E-state index >= 15 is 0 Å². The van der Waals surface area contributed by atoms with Crippen LogP contribution in [0.1, 0.15) is 44.7 Å². The Bertz CT molecular complexity index is 1030. The molecule has 1 aliphatic rings. The maximum atomic E-state index is 6.03. The molecule has 4 rings (SSSR count). The Morgan fingerprint density at radius 1 is 1.03 bits per heavy atom.